The quantitative estimate of drug-likeness (QED) is 0.728. The summed E-state index contributed by atoms with van der Waals surface area (Å²) in [6.45, 7) is 0.794. The van der Waals surface area contributed by atoms with E-state index in [1.807, 2.05) is 6.07 Å². The lowest BCUT2D eigenvalue weighted by Gasteiger charge is -2.25. The first-order chi connectivity index (χ1) is 9.49. The SMILES string of the molecule is NC(=O)C(=O)N1CCc2[nH]c3c(Cl)c(Cl)ccc3c2C1. The molecule has 0 atom stereocenters. The normalized spacial score (nSPS) is 14.4. The van der Waals surface area contributed by atoms with Crippen LogP contribution in [0.5, 0.6) is 0 Å². The van der Waals surface area contributed by atoms with E-state index in [-0.39, 0.29) is 0 Å². The molecule has 2 amide bonds. The fourth-order valence-electron chi connectivity index (χ4n) is 2.55. The number of amides is 2. The molecule has 3 rings (SSSR count). The highest BCUT2D eigenvalue weighted by molar-refractivity contribution is 6.45. The van der Waals surface area contributed by atoms with Gasteiger partial charge in [-0.15, -0.1) is 0 Å². The van der Waals surface area contributed by atoms with Crippen molar-refractivity contribution in [2.24, 2.45) is 5.73 Å². The van der Waals surface area contributed by atoms with E-state index >= 15 is 0 Å². The van der Waals surface area contributed by atoms with Crippen LogP contribution in [0.25, 0.3) is 10.9 Å². The van der Waals surface area contributed by atoms with Gasteiger partial charge in [0.1, 0.15) is 0 Å². The number of hydrogen-bond acceptors (Lipinski definition) is 2. The van der Waals surface area contributed by atoms with Crippen molar-refractivity contribution in [3.05, 3.63) is 33.4 Å². The molecule has 0 unspecified atom stereocenters. The van der Waals surface area contributed by atoms with Crippen molar-refractivity contribution >= 4 is 45.9 Å². The number of carbonyl (C=O) groups excluding carboxylic acids is 2. The zero-order chi connectivity index (χ0) is 14.4. The number of rotatable bonds is 0. The number of nitrogens with one attached hydrogen (secondary N) is 1. The van der Waals surface area contributed by atoms with Crippen LogP contribution in [0, 0.1) is 0 Å². The van der Waals surface area contributed by atoms with Crippen LogP contribution in [0.2, 0.25) is 10.0 Å². The van der Waals surface area contributed by atoms with Gasteiger partial charge in [0.15, 0.2) is 0 Å². The van der Waals surface area contributed by atoms with E-state index in [1.165, 1.54) is 4.90 Å². The van der Waals surface area contributed by atoms with Crippen LogP contribution in [0.1, 0.15) is 11.3 Å². The van der Waals surface area contributed by atoms with E-state index in [9.17, 15) is 9.59 Å². The first kappa shape index (κ1) is 13.3. The average Bonchev–Trinajstić information content (AvgIpc) is 2.80. The van der Waals surface area contributed by atoms with Crippen LogP contribution in [-0.2, 0) is 22.6 Å². The van der Waals surface area contributed by atoms with Gasteiger partial charge in [0.05, 0.1) is 15.6 Å². The summed E-state index contributed by atoms with van der Waals surface area (Å²) in [5.74, 6) is -1.60. The topological polar surface area (TPSA) is 79.2 Å². The van der Waals surface area contributed by atoms with Crippen molar-refractivity contribution in [3.8, 4) is 0 Å². The lowest BCUT2D eigenvalue weighted by atomic mass is 10.0. The Morgan fingerprint density at radius 2 is 2.05 bits per heavy atom. The van der Waals surface area contributed by atoms with Gasteiger partial charge in [0.25, 0.3) is 0 Å². The molecule has 0 aliphatic carbocycles. The van der Waals surface area contributed by atoms with Gasteiger partial charge < -0.3 is 15.6 Å². The number of carbonyl (C=O) groups is 2. The monoisotopic (exact) mass is 311 g/mol. The van der Waals surface area contributed by atoms with E-state index in [2.05, 4.69) is 4.98 Å². The minimum atomic E-state index is -0.936. The molecule has 1 aliphatic heterocycles. The van der Waals surface area contributed by atoms with Crippen molar-refractivity contribution < 1.29 is 9.59 Å². The first-order valence-corrected chi connectivity index (χ1v) is 6.80. The maximum Gasteiger partial charge on any atom is 0.311 e. The number of primary amides is 1. The summed E-state index contributed by atoms with van der Waals surface area (Å²) in [5, 5.41) is 1.85. The van der Waals surface area contributed by atoms with Gasteiger partial charge in [-0.3, -0.25) is 9.59 Å². The Morgan fingerprint density at radius 1 is 1.30 bits per heavy atom. The second kappa shape index (κ2) is 4.68. The highest BCUT2D eigenvalue weighted by atomic mass is 35.5. The molecular formula is C13H11Cl2N3O2. The van der Waals surface area contributed by atoms with E-state index in [4.69, 9.17) is 28.9 Å². The summed E-state index contributed by atoms with van der Waals surface area (Å²) in [4.78, 5) is 27.4. The third-order valence-corrected chi connectivity index (χ3v) is 4.34. The van der Waals surface area contributed by atoms with Crippen molar-refractivity contribution in [2.75, 3.05) is 6.54 Å². The minimum Gasteiger partial charge on any atom is -0.361 e. The Balaban J connectivity index is 2.07. The molecule has 0 bridgehead atoms. The number of H-pyrrole nitrogens is 1. The summed E-state index contributed by atoms with van der Waals surface area (Å²) < 4.78 is 0. The molecular weight excluding hydrogens is 301 g/mol. The number of aromatic nitrogens is 1. The molecule has 3 N–H and O–H groups in total. The smallest absolute Gasteiger partial charge is 0.311 e. The molecule has 104 valence electrons. The number of hydrogen-bond donors (Lipinski definition) is 2. The molecule has 5 nitrogen and oxygen atoms in total. The third kappa shape index (κ3) is 1.94. The highest BCUT2D eigenvalue weighted by Gasteiger charge is 2.27. The van der Waals surface area contributed by atoms with Gasteiger partial charge >= 0.3 is 11.8 Å². The minimum absolute atomic E-state index is 0.342. The van der Waals surface area contributed by atoms with Crippen molar-refractivity contribution in [3.63, 3.8) is 0 Å². The first-order valence-electron chi connectivity index (χ1n) is 6.05. The molecule has 0 fully saturated rings. The second-order valence-corrected chi connectivity index (χ2v) is 5.49. The van der Waals surface area contributed by atoms with E-state index in [0.717, 1.165) is 22.2 Å². The largest absolute Gasteiger partial charge is 0.361 e. The average molecular weight is 312 g/mol. The van der Waals surface area contributed by atoms with Crippen LogP contribution >= 0.6 is 23.2 Å². The van der Waals surface area contributed by atoms with Gasteiger partial charge in [-0.25, -0.2) is 0 Å². The van der Waals surface area contributed by atoms with Crippen molar-refractivity contribution in [1.82, 2.24) is 9.88 Å². The van der Waals surface area contributed by atoms with E-state index in [0.29, 0.717) is 29.6 Å². The van der Waals surface area contributed by atoms with Gasteiger partial charge in [-0.1, -0.05) is 29.3 Å². The molecule has 0 spiro atoms. The summed E-state index contributed by atoms with van der Waals surface area (Å²) in [7, 11) is 0. The summed E-state index contributed by atoms with van der Waals surface area (Å²) in [6, 6.07) is 3.58. The molecule has 0 radical (unpaired) electrons. The van der Waals surface area contributed by atoms with Crippen LogP contribution in [0.4, 0.5) is 0 Å². The Kier molecular flexibility index (Phi) is 3.11. The lowest BCUT2D eigenvalue weighted by Crippen LogP contribution is -2.42. The van der Waals surface area contributed by atoms with E-state index in [1.54, 1.807) is 6.07 Å². The number of benzene rings is 1. The van der Waals surface area contributed by atoms with E-state index < -0.39 is 11.8 Å². The summed E-state index contributed by atoms with van der Waals surface area (Å²) in [5.41, 5.74) is 7.77. The Labute approximate surface area is 124 Å². The van der Waals surface area contributed by atoms with Gasteiger partial charge in [0.2, 0.25) is 0 Å². The standard InChI is InChI=1S/C13H11Cl2N3O2/c14-8-2-1-6-7-5-18(13(20)12(16)19)4-3-9(7)17-11(6)10(8)15/h1-2,17H,3-5H2,(H2,16,19). The van der Waals surface area contributed by atoms with Gasteiger partial charge in [0, 0.05) is 36.2 Å². The third-order valence-electron chi connectivity index (χ3n) is 3.54. The highest BCUT2D eigenvalue weighted by Crippen LogP contribution is 2.35. The molecule has 20 heavy (non-hydrogen) atoms. The molecule has 0 saturated carbocycles. The molecule has 0 saturated heterocycles. The fourth-order valence-corrected chi connectivity index (χ4v) is 2.92. The zero-order valence-corrected chi connectivity index (χ0v) is 11.9. The summed E-state index contributed by atoms with van der Waals surface area (Å²) >= 11 is 12.2. The van der Waals surface area contributed by atoms with Crippen LogP contribution in [0.15, 0.2) is 12.1 Å². The maximum atomic E-state index is 11.7. The second-order valence-electron chi connectivity index (χ2n) is 4.71. The van der Waals surface area contributed by atoms with Crippen LogP contribution < -0.4 is 5.73 Å². The number of nitrogens with two attached hydrogens (primary N) is 1. The summed E-state index contributed by atoms with van der Waals surface area (Å²) in [6.07, 6.45) is 0.622. The Hall–Kier alpha value is -1.72. The molecule has 1 aromatic heterocycles. The molecule has 1 aliphatic rings. The molecule has 2 aromatic rings. The Bertz CT molecular complexity index is 739. The van der Waals surface area contributed by atoms with Crippen molar-refractivity contribution in [1.29, 1.82) is 0 Å². The molecule has 2 heterocycles. The van der Waals surface area contributed by atoms with Crippen LogP contribution in [0.3, 0.4) is 0 Å². The van der Waals surface area contributed by atoms with Crippen LogP contribution in [-0.4, -0.2) is 28.2 Å². The fraction of sp³-hybridized carbons (Fsp3) is 0.231. The number of halogens is 2. The number of aromatic amines is 1. The zero-order valence-electron chi connectivity index (χ0n) is 10.4. The molecule has 1 aromatic carbocycles. The number of nitrogens with zero attached hydrogens (tertiary/aromatic N) is 1. The number of fused-ring (bicyclic) bond motifs is 3. The maximum absolute atomic E-state index is 11.7. The predicted molar refractivity (Wildman–Crippen MR) is 76.6 cm³/mol. The molecule has 7 heteroatoms. The Morgan fingerprint density at radius 3 is 2.75 bits per heavy atom. The lowest BCUT2D eigenvalue weighted by molar-refractivity contribution is -0.144. The van der Waals surface area contributed by atoms with Gasteiger partial charge in [-0.2, -0.15) is 0 Å². The van der Waals surface area contributed by atoms with Gasteiger partial charge in [-0.05, 0) is 6.07 Å². The predicted octanol–water partition coefficient (Wildman–Crippen LogP) is 1.84. The van der Waals surface area contributed by atoms with Crippen molar-refractivity contribution in [2.45, 2.75) is 13.0 Å².